The number of carbonyl (C=O) groups is 2. The van der Waals surface area contributed by atoms with E-state index in [0.717, 1.165) is 36.1 Å². The van der Waals surface area contributed by atoms with Crippen molar-refractivity contribution in [2.24, 2.45) is 5.10 Å². The molecular formula is C24H29N3O3. The number of amides is 2. The minimum atomic E-state index is -0.369. The van der Waals surface area contributed by atoms with Gasteiger partial charge in [0.1, 0.15) is 5.75 Å². The monoisotopic (exact) mass is 407 g/mol. The van der Waals surface area contributed by atoms with Crippen LogP contribution in [-0.4, -0.2) is 24.1 Å². The zero-order valence-corrected chi connectivity index (χ0v) is 17.9. The fourth-order valence-corrected chi connectivity index (χ4v) is 3.72. The minimum Gasteiger partial charge on any atom is -0.484 e. The van der Waals surface area contributed by atoms with Crippen LogP contribution in [0.25, 0.3) is 0 Å². The van der Waals surface area contributed by atoms with Crippen molar-refractivity contribution in [3.05, 3.63) is 58.7 Å². The first-order chi connectivity index (χ1) is 14.4. The second-order valence-corrected chi connectivity index (χ2v) is 7.87. The lowest BCUT2D eigenvalue weighted by atomic mass is 9.90. The van der Waals surface area contributed by atoms with E-state index in [0.29, 0.717) is 11.5 Å². The second-order valence-electron chi connectivity index (χ2n) is 7.87. The predicted octanol–water partition coefficient (Wildman–Crippen LogP) is 4.08. The van der Waals surface area contributed by atoms with Crippen molar-refractivity contribution < 1.29 is 14.3 Å². The molecule has 158 valence electrons. The van der Waals surface area contributed by atoms with Crippen molar-refractivity contribution in [1.82, 2.24) is 5.43 Å². The highest BCUT2D eigenvalue weighted by Crippen LogP contribution is 2.27. The smallest absolute Gasteiger partial charge is 0.277 e. The van der Waals surface area contributed by atoms with Crippen LogP contribution < -0.4 is 15.5 Å². The zero-order chi connectivity index (χ0) is 21.5. The van der Waals surface area contributed by atoms with Crippen LogP contribution in [0, 0.1) is 13.8 Å². The van der Waals surface area contributed by atoms with E-state index in [4.69, 9.17) is 4.74 Å². The largest absolute Gasteiger partial charge is 0.484 e. The molecule has 1 aliphatic carbocycles. The van der Waals surface area contributed by atoms with Gasteiger partial charge in [-0.25, -0.2) is 5.43 Å². The van der Waals surface area contributed by atoms with Crippen molar-refractivity contribution in [3.63, 3.8) is 0 Å². The summed E-state index contributed by atoms with van der Waals surface area (Å²) < 4.78 is 5.51. The lowest BCUT2D eigenvalue weighted by Gasteiger charge is -2.19. The van der Waals surface area contributed by atoms with Gasteiger partial charge in [-0.05, 0) is 86.9 Å². The Balaban J connectivity index is 1.47. The maximum absolute atomic E-state index is 12.4. The molecule has 0 bridgehead atoms. The van der Waals surface area contributed by atoms with Crippen LogP contribution in [-0.2, 0) is 22.4 Å². The van der Waals surface area contributed by atoms with Gasteiger partial charge in [0.25, 0.3) is 5.91 Å². The van der Waals surface area contributed by atoms with Crippen LogP contribution in [0.3, 0.4) is 0 Å². The second kappa shape index (κ2) is 10.1. The standard InChI is InChI=1S/C24H29N3O3/c1-16-11-17(2)13-20(12-16)30-15-24(29)27-26-18(3)14-23(28)25-22-10-6-8-19-7-4-5-9-21(19)22/h6,8,10-13H,4-5,7,9,14-15H2,1-3H3,(H,25,28)(H,27,29)/b26-18+. The first-order valence-electron chi connectivity index (χ1n) is 10.3. The highest BCUT2D eigenvalue weighted by atomic mass is 16.5. The summed E-state index contributed by atoms with van der Waals surface area (Å²) in [6.07, 6.45) is 4.52. The van der Waals surface area contributed by atoms with Crippen LogP contribution in [0.5, 0.6) is 5.75 Å². The Morgan fingerprint density at radius 1 is 1.03 bits per heavy atom. The van der Waals surface area contributed by atoms with E-state index in [1.807, 2.05) is 44.2 Å². The SMILES string of the molecule is C/C(CC(=O)Nc1cccc2c1CCCC2)=N\NC(=O)COc1cc(C)cc(C)c1. The molecule has 0 unspecified atom stereocenters. The molecule has 3 rings (SSSR count). The summed E-state index contributed by atoms with van der Waals surface area (Å²) in [6.45, 7) is 5.53. The van der Waals surface area contributed by atoms with Gasteiger partial charge < -0.3 is 10.1 Å². The van der Waals surface area contributed by atoms with Gasteiger partial charge in [-0.15, -0.1) is 0 Å². The average molecular weight is 408 g/mol. The molecule has 0 atom stereocenters. The van der Waals surface area contributed by atoms with Crippen LogP contribution in [0.1, 0.15) is 48.4 Å². The Kier molecular flexibility index (Phi) is 7.22. The third-order valence-corrected chi connectivity index (χ3v) is 5.02. The summed E-state index contributed by atoms with van der Waals surface area (Å²) in [5.41, 5.74) is 8.56. The number of fused-ring (bicyclic) bond motifs is 1. The lowest BCUT2D eigenvalue weighted by molar-refractivity contribution is -0.123. The Labute approximate surface area is 177 Å². The summed E-state index contributed by atoms with van der Waals surface area (Å²) in [5, 5.41) is 7.01. The van der Waals surface area contributed by atoms with Gasteiger partial charge in [-0.1, -0.05) is 18.2 Å². The van der Waals surface area contributed by atoms with E-state index in [1.54, 1.807) is 6.92 Å². The quantitative estimate of drug-likeness (QED) is 0.536. The number of nitrogens with zero attached hydrogens (tertiary/aromatic N) is 1. The number of hydrazone groups is 1. The molecule has 30 heavy (non-hydrogen) atoms. The number of rotatable bonds is 7. The normalized spacial score (nSPS) is 13.4. The summed E-state index contributed by atoms with van der Waals surface area (Å²) in [7, 11) is 0. The van der Waals surface area contributed by atoms with Crippen LogP contribution in [0.2, 0.25) is 0 Å². The number of aryl methyl sites for hydroxylation is 3. The Morgan fingerprint density at radius 3 is 2.53 bits per heavy atom. The summed E-state index contributed by atoms with van der Waals surface area (Å²) >= 11 is 0. The highest BCUT2D eigenvalue weighted by Gasteiger charge is 2.15. The van der Waals surface area contributed by atoms with Crippen LogP contribution >= 0.6 is 0 Å². The van der Waals surface area contributed by atoms with E-state index in [-0.39, 0.29) is 24.8 Å². The van der Waals surface area contributed by atoms with Gasteiger partial charge in [0.2, 0.25) is 5.91 Å². The van der Waals surface area contributed by atoms with Gasteiger partial charge in [0.05, 0.1) is 6.42 Å². The first-order valence-corrected chi connectivity index (χ1v) is 10.3. The summed E-state index contributed by atoms with van der Waals surface area (Å²) in [5.74, 6) is 0.135. The average Bonchev–Trinajstić information content (AvgIpc) is 2.70. The van der Waals surface area contributed by atoms with E-state index in [9.17, 15) is 9.59 Å². The van der Waals surface area contributed by atoms with Gasteiger partial charge in [0, 0.05) is 11.4 Å². The molecule has 0 spiro atoms. The van der Waals surface area contributed by atoms with Gasteiger partial charge in [0.15, 0.2) is 6.61 Å². The molecule has 0 saturated heterocycles. The molecule has 1 aliphatic rings. The molecule has 6 heteroatoms. The molecule has 0 heterocycles. The molecule has 0 radical (unpaired) electrons. The van der Waals surface area contributed by atoms with Crippen molar-refractivity contribution in [2.45, 2.75) is 52.9 Å². The fraction of sp³-hybridized carbons (Fsp3) is 0.375. The Morgan fingerprint density at radius 2 is 1.77 bits per heavy atom. The van der Waals surface area contributed by atoms with Crippen LogP contribution in [0.15, 0.2) is 41.5 Å². The molecule has 2 aromatic carbocycles. The van der Waals surface area contributed by atoms with Crippen molar-refractivity contribution >= 4 is 23.2 Å². The number of carbonyl (C=O) groups excluding carboxylic acids is 2. The fourth-order valence-electron chi connectivity index (χ4n) is 3.72. The maximum atomic E-state index is 12.4. The summed E-state index contributed by atoms with van der Waals surface area (Å²) in [4.78, 5) is 24.4. The van der Waals surface area contributed by atoms with Gasteiger partial charge in [-0.2, -0.15) is 5.10 Å². The number of hydrogen-bond acceptors (Lipinski definition) is 4. The maximum Gasteiger partial charge on any atom is 0.277 e. The summed E-state index contributed by atoms with van der Waals surface area (Å²) in [6, 6.07) is 11.9. The topological polar surface area (TPSA) is 79.8 Å². The predicted molar refractivity (Wildman–Crippen MR) is 119 cm³/mol. The lowest BCUT2D eigenvalue weighted by Crippen LogP contribution is -2.26. The molecule has 2 N–H and O–H groups in total. The van der Waals surface area contributed by atoms with Crippen LogP contribution in [0.4, 0.5) is 5.69 Å². The number of benzene rings is 2. The molecule has 0 fully saturated rings. The van der Waals surface area contributed by atoms with Crippen molar-refractivity contribution in [3.8, 4) is 5.75 Å². The number of hydrogen-bond donors (Lipinski definition) is 2. The molecule has 0 saturated carbocycles. The minimum absolute atomic E-state index is 0.113. The third kappa shape index (κ3) is 6.17. The number of ether oxygens (including phenoxy) is 1. The number of anilines is 1. The van der Waals surface area contributed by atoms with E-state index in [2.05, 4.69) is 21.9 Å². The van der Waals surface area contributed by atoms with E-state index >= 15 is 0 Å². The number of nitrogens with one attached hydrogen (secondary N) is 2. The molecule has 2 aromatic rings. The highest BCUT2D eigenvalue weighted by molar-refractivity contribution is 6.06. The van der Waals surface area contributed by atoms with E-state index < -0.39 is 0 Å². The molecule has 2 amide bonds. The van der Waals surface area contributed by atoms with Crippen molar-refractivity contribution in [2.75, 3.05) is 11.9 Å². The Hall–Kier alpha value is -3.15. The molecule has 0 aliphatic heterocycles. The first kappa shape index (κ1) is 21.6. The molecule has 6 nitrogen and oxygen atoms in total. The zero-order valence-electron chi connectivity index (χ0n) is 17.9. The molecule has 0 aromatic heterocycles. The third-order valence-electron chi connectivity index (χ3n) is 5.02. The van der Waals surface area contributed by atoms with E-state index in [1.165, 1.54) is 17.5 Å². The van der Waals surface area contributed by atoms with Crippen molar-refractivity contribution in [1.29, 1.82) is 0 Å². The van der Waals surface area contributed by atoms with Gasteiger partial charge >= 0.3 is 0 Å². The van der Waals surface area contributed by atoms with Gasteiger partial charge in [-0.3, -0.25) is 9.59 Å². The molecular weight excluding hydrogens is 378 g/mol. The Bertz CT molecular complexity index is 946.